The zero-order valence-corrected chi connectivity index (χ0v) is 12.0. The van der Waals surface area contributed by atoms with Gasteiger partial charge in [0.1, 0.15) is 0 Å². The summed E-state index contributed by atoms with van der Waals surface area (Å²) in [5.74, 6) is 1.65. The Morgan fingerprint density at radius 3 is 2.71 bits per heavy atom. The van der Waals surface area contributed by atoms with Gasteiger partial charge in [-0.05, 0) is 38.5 Å². The summed E-state index contributed by atoms with van der Waals surface area (Å²) in [6.45, 7) is 6.53. The third kappa shape index (κ3) is 3.08. The van der Waals surface area contributed by atoms with E-state index in [2.05, 4.69) is 25.8 Å². The molecule has 3 heteroatoms. The van der Waals surface area contributed by atoms with E-state index in [1.807, 2.05) is 11.3 Å². The highest BCUT2D eigenvalue weighted by Gasteiger charge is 2.28. The molecule has 1 aliphatic rings. The second-order valence-electron chi connectivity index (χ2n) is 5.46. The maximum atomic E-state index is 6.35. The van der Waals surface area contributed by atoms with Crippen LogP contribution in [0.5, 0.6) is 0 Å². The van der Waals surface area contributed by atoms with Crippen LogP contribution in [-0.2, 0) is 6.42 Å². The monoisotopic (exact) mass is 252 g/mol. The van der Waals surface area contributed by atoms with Crippen molar-refractivity contribution in [1.29, 1.82) is 0 Å². The van der Waals surface area contributed by atoms with Gasteiger partial charge in [0.05, 0.1) is 10.7 Å². The molecule has 2 nitrogen and oxygen atoms in total. The van der Waals surface area contributed by atoms with Gasteiger partial charge in [-0.1, -0.05) is 19.8 Å². The number of thiazole rings is 1. The van der Waals surface area contributed by atoms with Gasteiger partial charge < -0.3 is 5.73 Å². The third-order valence-electron chi connectivity index (χ3n) is 4.25. The quantitative estimate of drug-likeness (QED) is 0.891. The average Bonchev–Trinajstić information content (AvgIpc) is 2.87. The normalized spacial score (nSPS) is 26.4. The molecule has 0 aliphatic heterocycles. The Hall–Kier alpha value is -0.410. The number of nitrogens with zero attached hydrogens (tertiary/aromatic N) is 1. The van der Waals surface area contributed by atoms with Gasteiger partial charge >= 0.3 is 0 Å². The van der Waals surface area contributed by atoms with E-state index in [1.165, 1.54) is 41.3 Å². The molecule has 1 aliphatic carbocycles. The standard InChI is InChI=1S/C14H24N2S/c1-4-11-5-6-12(7-11)13(15)8-14-16-9(2)10(3)17-14/h11-13H,4-8,15H2,1-3H3. The zero-order valence-electron chi connectivity index (χ0n) is 11.2. The van der Waals surface area contributed by atoms with Crippen molar-refractivity contribution in [3.05, 3.63) is 15.6 Å². The van der Waals surface area contributed by atoms with Crippen LogP contribution < -0.4 is 5.73 Å². The molecule has 17 heavy (non-hydrogen) atoms. The van der Waals surface area contributed by atoms with Crippen molar-refractivity contribution in [1.82, 2.24) is 4.98 Å². The number of aryl methyl sites for hydroxylation is 2. The lowest BCUT2D eigenvalue weighted by atomic mass is 9.94. The van der Waals surface area contributed by atoms with Crippen LogP contribution in [0.3, 0.4) is 0 Å². The van der Waals surface area contributed by atoms with E-state index < -0.39 is 0 Å². The first-order valence-electron chi connectivity index (χ1n) is 6.78. The summed E-state index contributed by atoms with van der Waals surface area (Å²) < 4.78 is 0. The molecule has 0 radical (unpaired) electrons. The van der Waals surface area contributed by atoms with Crippen molar-refractivity contribution >= 4 is 11.3 Å². The summed E-state index contributed by atoms with van der Waals surface area (Å²) in [7, 11) is 0. The number of hydrogen-bond donors (Lipinski definition) is 1. The lowest BCUT2D eigenvalue weighted by molar-refractivity contribution is 0.404. The van der Waals surface area contributed by atoms with Gasteiger partial charge in [0.25, 0.3) is 0 Å². The first kappa shape index (κ1) is 13.0. The van der Waals surface area contributed by atoms with Crippen molar-refractivity contribution in [3.8, 4) is 0 Å². The van der Waals surface area contributed by atoms with Crippen LogP contribution in [-0.4, -0.2) is 11.0 Å². The van der Waals surface area contributed by atoms with E-state index in [0.29, 0.717) is 6.04 Å². The molecule has 1 aromatic heterocycles. The third-order valence-corrected chi connectivity index (χ3v) is 5.34. The average molecular weight is 252 g/mol. The summed E-state index contributed by atoms with van der Waals surface area (Å²) in [4.78, 5) is 5.94. The van der Waals surface area contributed by atoms with E-state index in [9.17, 15) is 0 Å². The lowest BCUT2D eigenvalue weighted by Crippen LogP contribution is -2.30. The highest BCUT2D eigenvalue weighted by atomic mass is 32.1. The molecule has 3 unspecified atom stereocenters. The zero-order chi connectivity index (χ0) is 12.4. The van der Waals surface area contributed by atoms with Crippen LogP contribution >= 0.6 is 11.3 Å². The van der Waals surface area contributed by atoms with Crippen molar-refractivity contribution in [3.63, 3.8) is 0 Å². The minimum absolute atomic E-state index is 0.316. The maximum Gasteiger partial charge on any atom is 0.0946 e. The van der Waals surface area contributed by atoms with E-state index >= 15 is 0 Å². The number of nitrogens with two attached hydrogens (primary N) is 1. The molecule has 1 saturated carbocycles. The summed E-state index contributed by atoms with van der Waals surface area (Å²) in [6.07, 6.45) is 6.33. The molecule has 0 spiro atoms. The second kappa shape index (κ2) is 5.49. The van der Waals surface area contributed by atoms with Crippen LogP contribution in [0.25, 0.3) is 0 Å². The van der Waals surface area contributed by atoms with Gasteiger partial charge in [0, 0.05) is 17.3 Å². The first-order chi connectivity index (χ1) is 8.10. The SMILES string of the molecule is CCC1CCC(C(N)Cc2nc(C)c(C)s2)C1. The van der Waals surface area contributed by atoms with Crippen molar-refractivity contribution in [2.75, 3.05) is 0 Å². The molecular weight excluding hydrogens is 228 g/mol. The molecule has 2 rings (SSSR count). The van der Waals surface area contributed by atoms with Crippen molar-refractivity contribution in [2.24, 2.45) is 17.6 Å². The Labute approximate surface area is 109 Å². The Balaban J connectivity index is 1.91. The minimum atomic E-state index is 0.316. The summed E-state index contributed by atoms with van der Waals surface area (Å²) in [5.41, 5.74) is 7.53. The van der Waals surface area contributed by atoms with Crippen LogP contribution in [0, 0.1) is 25.7 Å². The summed E-state index contributed by atoms with van der Waals surface area (Å²) in [6, 6.07) is 0.316. The van der Waals surface area contributed by atoms with E-state index in [1.54, 1.807) is 0 Å². The molecule has 2 N–H and O–H groups in total. The van der Waals surface area contributed by atoms with Crippen molar-refractivity contribution < 1.29 is 0 Å². The Morgan fingerprint density at radius 1 is 1.41 bits per heavy atom. The van der Waals surface area contributed by atoms with Gasteiger partial charge in [-0.15, -0.1) is 11.3 Å². The molecular formula is C14H24N2S. The van der Waals surface area contributed by atoms with Crippen LogP contribution in [0.15, 0.2) is 0 Å². The van der Waals surface area contributed by atoms with Gasteiger partial charge in [-0.2, -0.15) is 0 Å². The fraction of sp³-hybridized carbons (Fsp3) is 0.786. The fourth-order valence-electron chi connectivity index (χ4n) is 2.87. The number of rotatable bonds is 4. The number of aromatic nitrogens is 1. The molecule has 0 saturated heterocycles. The molecule has 3 atom stereocenters. The molecule has 0 amide bonds. The minimum Gasteiger partial charge on any atom is -0.327 e. The van der Waals surface area contributed by atoms with Gasteiger partial charge in [0.2, 0.25) is 0 Å². The molecule has 96 valence electrons. The Kier molecular flexibility index (Phi) is 4.21. The van der Waals surface area contributed by atoms with Crippen molar-refractivity contribution in [2.45, 2.75) is 58.9 Å². The lowest BCUT2D eigenvalue weighted by Gasteiger charge is -2.18. The predicted molar refractivity (Wildman–Crippen MR) is 74.4 cm³/mol. The highest BCUT2D eigenvalue weighted by Crippen LogP contribution is 2.35. The largest absolute Gasteiger partial charge is 0.327 e. The van der Waals surface area contributed by atoms with E-state index in [0.717, 1.165) is 18.3 Å². The van der Waals surface area contributed by atoms with Gasteiger partial charge in [-0.25, -0.2) is 4.98 Å². The summed E-state index contributed by atoms with van der Waals surface area (Å²) in [5, 5.41) is 1.23. The first-order valence-corrected chi connectivity index (χ1v) is 7.60. The Bertz CT molecular complexity index is 353. The van der Waals surface area contributed by atoms with E-state index in [4.69, 9.17) is 5.73 Å². The second-order valence-corrected chi connectivity index (χ2v) is 6.75. The molecule has 0 aromatic carbocycles. The highest BCUT2D eigenvalue weighted by molar-refractivity contribution is 7.11. The van der Waals surface area contributed by atoms with Crippen LogP contribution in [0.1, 0.15) is 48.2 Å². The Morgan fingerprint density at radius 2 is 2.18 bits per heavy atom. The molecule has 1 aromatic rings. The van der Waals surface area contributed by atoms with E-state index in [-0.39, 0.29) is 0 Å². The van der Waals surface area contributed by atoms with Crippen LogP contribution in [0.4, 0.5) is 0 Å². The summed E-state index contributed by atoms with van der Waals surface area (Å²) >= 11 is 1.82. The molecule has 0 bridgehead atoms. The number of hydrogen-bond acceptors (Lipinski definition) is 3. The maximum absolute atomic E-state index is 6.35. The molecule has 1 fully saturated rings. The smallest absolute Gasteiger partial charge is 0.0946 e. The molecule has 1 heterocycles. The van der Waals surface area contributed by atoms with Gasteiger partial charge in [0.15, 0.2) is 0 Å². The fourth-order valence-corrected chi connectivity index (χ4v) is 3.87. The van der Waals surface area contributed by atoms with Gasteiger partial charge in [-0.3, -0.25) is 0 Å². The van der Waals surface area contributed by atoms with Crippen LogP contribution in [0.2, 0.25) is 0 Å². The predicted octanol–water partition coefficient (Wildman–Crippen LogP) is 3.46. The topological polar surface area (TPSA) is 38.9 Å².